The molecule has 0 saturated carbocycles. The number of nitrogens with zero attached hydrogens (tertiary/aromatic N) is 3. The highest BCUT2D eigenvalue weighted by atomic mass is 16.1. The van der Waals surface area contributed by atoms with E-state index in [4.69, 9.17) is 0 Å². The summed E-state index contributed by atoms with van der Waals surface area (Å²) in [6.07, 6.45) is 5.29. The molecule has 5 heteroatoms. The molecule has 24 heavy (non-hydrogen) atoms. The number of anilines is 1. The zero-order valence-corrected chi connectivity index (χ0v) is 15.9. The van der Waals surface area contributed by atoms with Gasteiger partial charge in [0.05, 0.1) is 11.3 Å². The van der Waals surface area contributed by atoms with Crippen LogP contribution in [-0.2, 0) is 0 Å². The van der Waals surface area contributed by atoms with Crippen molar-refractivity contribution in [2.45, 2.75) is 60.8 Å². The number of aromatic nitrogens is 2. The van der Waals surface area contributed by atoms with Gasteiger partial charge in [0, 0.05) is 20.2 Å². The summed E-state index contributed by atoms with van der Waals surface area (Å²) in [4.78, 5) is 15.0. The van der Waals surface area contributed by atoms with Gasteiger partial charge < -0.3 is 10.2 Å². The average Bonchev–Trinajstić information content (AvgIpc) is 2.70. The molecule has 0 radical (unpaired) electrons. The van der Waals surface area contributed by atoms with Crippen molar-refractivity contribution in [2.24, 2.45) is 5.41 Å². The van der Waals surface area contributed by atoms with E-state index in [9.17, 15) is 4.79 Å². The molecule has 0 unspecified atom stereocenters. The minimum atomic E-state index is -0.0976. The number of aryl methyl sites for hydroxylation is 1. The van der Waals surface area contributed by atoms with Crippen LogP contribution in [0.3, 0.4) is 0 Å². The van der Waals surface area contributed by atoms with Gasteiger partial charge in [-0.15, -0.1) is 5.10 Å². The normalized spacial score (nSPS) is 18.2. The van der Waals surface area contributed by atoms with Crippen LogP contribution >= 0.6 is 0 Å². The van der Waals surface area contributed by atoms with E-state index in [-0.39, 0.29) is 7.33 Å². The summed E-state index contributed by atoms with van der Waals surface area (Å²) in [6.45, 7) is 14.1. The predicted molar refractivity (Wildman–Crippen MR) is 100 cm³/mol. The topological polar surface area (TPSA) is 58.1 Å². The molecular formula is C19H32N4O. The second-order valence-electron chi connectivity index (χ2n) is 7.54. The van der Waals surface area contributed by atoms with E-state index in [1.807, 2.05) is 33.8 Å². The maximum absolute atomic E-state index is 12.8. The Morgan fingerprint density at radius 3 is 2.62 bits per heavy atom. The van der Waals surface area contributed by atoms with Crippen LogP contribution < -0.4 is 10.2 Å². The van der Waals surface area contributed by atoms with Crippen LogP contribution in [0.25, 0.3) is 0 Å². The fourth-order valence-corrected chi connectivity index (χ4v) is 3.04. The summed E-state index contributed by atoms with van der Waals surface area (Å²) in [6, 6.07) is 0. The van der Waals surface area contributed by atoms with Gasteiger partial charge in [-0.1, -0.05) is 19.9 Å². The van der Waals surface area contributed by atoms with E-state index in [0.717, 1.165) is 48.7 Å². The van der Waals surface area contributed by atoms with Gasteiger partial charge in [0.15, 0.2) is 5.82 Å². The number of allylic oxidation sites excluding steroid dienone is 2. The number of carbonyl (C=O) groups excluding carboxylic acids is 1. The fourth-order valence-electron chi connectivity index (χ4n) is 3.04. The van der Waals surface area contributed by atoms with E-state index in [1.54, 1.807) is 0 Å². The fraction of sp³-hybridized carbons (Fsp3) is 0.632. The van der Waals surface area contributed by atoms with Crippen molar-refractivity contribution in [3.63, 3.8) is 0 Å². The second kappa shape index (κ2) is 7.32. The van der Waals surface area contributed by atoms with Gasteiger partial charge in [-0.3, -0.25) is 4.79 Å². The van der Waals surface area contributed by atoms with Gasteiger partial charge in [0.1, 0.15) is 0 Å². The summed E-state index contributed by atoms with van der Waals surface area (Å²) in [5.41, 5.74) is 3.55. The van der Waals surface area contributed by atoms with Crippen molar-refractivity contribution >= 4 is 11.7 Å². The van der Waals surface area contributed by atoms with Crippen LogP contribution in [0.15, 0.2) is 11.8 Å². The SMILES string of the molecule is C/C=C(\C)NC(=O)c1c(N2CCCC(C)(C)CC2)nnc(C)c1C.[HH]. The molecule has 5 nitrogen and oxygen atoms in total. The minimum absolute atomic E-state index is 0. The van der Waals surface area contributed by atoms with Gasteiger partial charge in [-0.2, -0.15) is 5.10 Å². The van der Waals surface area contributed by atoms with Crippen LogP contribution in [0.4, 0.5) is 5.82 Å². The molecule has 0 aromatic carbocycles. The Hall–Kier alpha value is -1.91. The highest BCUT2D eigenvalue weighted by molar-refractivity contribution is 6.01. The molecule has 1 aromatic heterocycles. The Kier molecular flexibility index (Phi) is 5.62. The number of hydrogen-bond acceptors (Lipinski definition) is 4. The Labute approximate surface area is 147 Å². The summed E-state index contributed by atoms with van der Waals surface area (Å²) in [5, 5.41) is 11.6. The van der Waals surface area contributed by atoms with Gasteiger partial charge in [-0.05, 0) is 57.9 Å². The second-order valence-corrected chi connectivity index (χ2v) is 7.54. The number of rotatable bonds is 3. The lowest BCUT2D eigenvalue weighted by molar-refractivity contribution is 0.0965. The smallest absolute Gasteiger partial charge is 0.259 e. The summed E-state index contributed by atoms with van der Waals surface area (Å²) in [5.74, 6) is 0.622. The first-order chi connectivity index (χ1) is 11.2. The van der Waals surface area contributed by atoms with Crippen molar-refractivity contribution < 1.29 is 6.22 Å². The van der Waals surface area contributed by atoms with Gasteiger partial charge in [-0.25, -0.2) is 0 Å². The van der Waals surface area contributed by atoms with Crippen LogP contribution in [0.5, 0.6) is 0 Å². The molecular weight excluding hydrogens is 300 g/mol. The molecule has 0 bridgehead atoms. The van der Waals surface area contributed by atoms with Crippen molar-refractivity contribution in [2.75, 3.05) is 18.0 Å². The van der Waals surface area contributed by atoms with Crippen molar-refractivity contribution in [1.29, 1.82) is 0 Å². The molecule has 1 N–H and O–H groups in total. The Morgan fingerprint density at radius 1 is 1.25 bits per heavy atom. The zero-order chi connectivity index (χ0) is 17.9. The molecule has 0 atom stereocenters. The third-order valence-electron chi connectivity index (χ3n) is 5.05. The molecule has 0 spiro atoms. The maximum atomic E-state index is 12.8. The molecule has 1 aromatic rings. The molecule has 2 heterocycles. The molecule has 1 amide bonds. The van der Waals surface area contributed by atoms with Crippen LogP contribution in [0.2, 0.25) is 0 Å². The zero-order valence-electron chi connectivity index (χ0n) is 15.9. The lowest BCUT2D eigenvalue weighted by atomic mass is 9.85. The minimum Gasteiger partial charge on any atom is -0.354 e. The highest BCUT2D eigenvalue weighted by Gasteiger charge is 2.27. The maximum Gasteiger partial charge on any atom is 0.259 e. The van der Waals surface area contributed by atoms with E-state index in [1.165, 1.54) is 6.42 Å². The predicted octanol–water partition coefficient (Wildman–Crippen LogP) is 4.01. The summed E-state index contributed by atoms with van der Waals surface area (Å²) >= 11 is 0. The van der Waals surface area contributed by atoms with Crippen molar-refractivity contribution in [3.05, 3.63) is 28.6 Å². The molecule has 1 saturated heterocycles. The lowest BCUT2D eigenvalue weighted by Gasteiger charge is -2.26. The third kappa shape index (κ3) is 4.13. The summed E-state index contributed by atoms with van der Waals surface area (Å²) in [7, 11) is 0. The molecule has 1 aliphatic rings. The first kappa shape index (κ1) is 18.4. The van der Waals surface area contributed by atoms with Crippen LogP contribution in [0, 0.1) is 19.3 Å². The number of hydrogen-bond donors (Lipinski definition) is 1. The molecule has 134 valence electrons. The van der Waals surface area contributed by atoms with Gasteiger partial charge in [0.2, 0.25) is 0 Å². The first-order valence-electron chi connectivity index (χ1n) is 8.78. The quantitative estimate of drug-likeness (QED) is 0.908. The standard InChI is InChI=1S/C19H30N4O.H2/c1-7-13(2)20-18(24)16-14(3)15(4)21-22-17(16)23-11-8-9-19(5,6)10-12-23;/h7H,8-12H2,1-6H3,(H,20,24);1H/b13-7+;. The molecule has 1 aliphatic heterocycles. The van der Waals surface area contributed by atoms with E-state index >= 15 is 0 Å². The third-order valence-corrected chi connectivity index (χ3v) is 5.05. The van der Waals surface area contributed by atoms with Crippen molar-refractivity contribution in [1.82, 2.24) is 15.5 Å². The van der Waals surface area contributed by atoms with E-state index in [2.05, 4.69) is 34.3 Å². The van der Waals surface area contributed by atoms with E-state index in [0.29, 0.717) is 11.0 Å². The largest absolute Gasteiger partial charge is 0.354 e. The molecule has 1 fully saturated rings. The van der Waals surface area contributed by atoms with E-state index < -0.39 is 0 Å². The Balaban J connectivity index is 0.00000312. The van der Waals surface area contributed by atoms with Gasteiger partial charge >= 0.3 is 0 Å². The van der Waals surface area contributed by atoms with Crippen molar-refractivity contribution in [3.8, 4) is 0 Å². The van der Waals surface area contributed by atoms with Crippen LogP contribution in [-0.4, -0.2) is 29.2 Å². The number of nitrogens with one attached hydrogen (secondary N) is 1. The first-order valence-corrected chi connectivity index (χ1v) is 8.78. The average molecular weight is 332 g/mol. The Morgan fingerprint density at radius 2 is 1.96 bits per heavy atom. The van der Waals surface area contributed by atoms with Crippen LogP contribution in [0.1, 0.15) is 70.0 Å². The monoisotopic (exact) mass is 332 g/mol. The molecule has 0 aliphatic carbocycles. The number of carbonyl (C=O) groups is 1. The number of amides is 1. The Bertz CT molecular complexity index is 655. The van der Waals surface area contributed by atoms with Gasteiger partial charge in [0.25, 0.3) is 5.91 Å². The lowest BCUT2D eigenvalue weighted by Crippen LogP contribution is -2.32. The molecule has 2 rings (SSSR count). The summed E-state index contributed by atoms with van der Waals surface area (Å²) < 4.78 is 0. The highest BCUT2D eigenvalue weighted by Crippen LogP contribution is 2.32.